The third-order valence-electron chi connectivity index (χ3n) is 1.95. The molecule has 0 fully saturated rings. The van der Waals surface area contributed by atoms with Crippen molar-refractivity contribution in [3.63, 3.8) is 0 Å². The monoisotopic (exact) mass is 178 g/mol. The molecular formula is C10H14N2O. The predicted octanol–water partition coefficient (Wildman–Crippen LogP) is 1.24. The first-order valence-corrected chi connectivity index (χ1v) is 4.24. The molecule has 0 saturated carbocycles. The van der Waals surface area contributed by atoms with Gasteiger partial charge in [0.1, 0.15) is 0 Å². The minimum atomic E-state index is -0.379. The van der Waals surface area contributed by atoms with Crippen molar-refractivity contribution in [2.75, 3.05) is 13.6 Å². The average Bonchev–Trinajstić information content (AvgIpc) is 2.15. The maximum Gasteiger partial charge on any atom is 0.314 e. The molecule has 0 unspecified atom stereocenters. The summed E-state index contributed by atoms with van der Waals surface area (Å²) in [5, 5.41) is 0. The molecule has 1 aromatic carbocycles. The number of hydrogen-bond donors (Lipinski definition) is 1. The Kier molecular flexibility index (Phi) is 3.31. The molecule has 2 amide bonds. The second-order valence-electron chi connectivity index (χ2n) is 3.00. The smallest absolute Gasteiger partial charge is 0.314 e. The SMILES string of the molecule is CN(CCc1ccccc1)C(N)=O. The first-order chi connectivity index (χ1) is 6.20. The summed E-state index contributed by atoms with van der Waals surface area (Å²) >= 11 is 0. The number of rotatable bonds is 3. The van der Waals surface area contributed by atoms with Gasteiger partial charge >= 0.3 is 6.03 Å². The van der Waals surface area contributed by atoms with Gasteiger partial charge in [0.25, 0.3) is 0 Å². The van der Waals surface area contributed by atoms with Gasteiger partial charge in [-0.3, -0.25) is 0 Å². The largest absolute Gasteiger partial charge is 0.351 e. The van der Waals surface area contributed by atoms with E-state index in [2.05, 4.69) is 0 Å². The van der Waals surface area contributed by atoms with Crippen LogP contribution in [0, 0.1) is 0 Å². The first kappa shape index (κ1) is 9.58. The van der Waals surface area contributed by atoms with Crippen LogP contribution in [0.4, 0.5) is 4.79 Å². The Labute approximate surface area is 78.2 Å². The molecule has 0 heterocycles. The number of likely N-dealkylation sites (N-methyl/N-ethyl adjacent to an activating group) is 1. The predicted molar refractivity (Wildman–Crippen MR) is 52.4 cm³/mol. The molecule has 2 N–H and O–H groups in total. The zero-order valence-corrected chi connectivity index (χ0v) is 7.73. The zero-order valence-electron chi connectivity index (χ0n) is 7.73. The summed E-state index contributed by atoms with van der Waals surface area (Å²) in [7, 11) is 1.70. The van der Waals surface area contributed by atoms with Crippen molar-refractivity contribution in [2.24, 2.45) is 5.73 Å². The summed E-state index contributed by atoms with van der Waals surface area (Å²) in [4.78, 5) is 12.2. The van der Waals surface area contributed by atoms with Gasteiger partial charge in [-0.25, -0.2) is 4.79 Å². The molecule has 3 nitrogen and oxygen atoms in total. The Balaban J connectivity index is 2.39. The molecule has 0 aliphatic heterocycles. The van der Waals surface area contributed by atoms with E-state index in [0.29, 0.717) is 6.54 Å². The van der Waals surface area contributed by atoms with Crippen molar-refractivity contribution in [2.45, 2.75) is 6.42 Å². The lowest BCUT2D eigenvalue weighted by molar-refractivity contribution is 0.219. The third kappa shape index (κ3) is 3.15. The van der Waals surface area contributed by atoms with Gasteiger partial charge < -0.3 is 10.6 Å². The Morgan fingerprint density at radius 2 is 2.00 bits per heavy atom. The summed E-state index contributed by atoms with van der Waals surface area (Å²) in [5.41, 5.74) is 6.31. The van der Waals surface area contributed by atoms with E-state index in [9.17, 15) is 4.79 Å². The number of carbonyl (C=O) groups excluding carboxylic acids is 1. The van der Waals surface area contributed by atoms with Crippen LogP contribution in [0.25, 0.3) is 0 Å². The Bertz CT molecular complexity index is 272. The normalized spacial score (nSPS) is 9.62. The van der Waals surface area contributed by atoms with Gasteiger partial charge in [0.05, 0.1) is 0 Å². The van der Waals surface area contributed by atoms with E-state index in [-0.39, 0.29) is 6.03 Å². The second kappa shape index (κ2) is 4.50. The van der Waals surface area contributed by atoms with Crippen LogP contribution in [0.15, 0.2) is 30.3 Å². The lowest BCUT2D eigenvalue weighted by atomic mass is 10.1. The minimum absolute atomic E-state index is 0.379. The molecule has 0 radical (unpaired) electrons. The van der Waals surface area contributed by atoms with Crippen LogP contribution in [0.5, 0.6) is 0 Å². The van der Waals surface area contributed by atoms with Crippen LogP contribution in [-0.2, 0) is 6.42 Å². The lowest BCUT2D eigenvalue weighted by Crippen LogP contribution is -2.33. The van der Waals surface area contributed by atoms with E-state index >= 15 is 0 Å². The van der Waals surface area contributed by atoms with Crippen LogP contribution in [0.1, 0.15) is 5.56 Å². The highest BCUT2D eigenvalue weighted by atomic mass is 16.2. The van der Waals surface area contributed by atoms with Crippen LogP contribution >= 0.6 is 0 Å². The first-order valence-electron chi connectivity index (χ1n) is 4.24. The third-order valence-corrected chi connectivity index (χ3v) is 1.95. The number of nitrogens with two attached hydrogens (primary N) is 1. The summed E-state index contributed by atoms with van der Waals surface area (Å²) < 4.78 is 0. The van der Waals surface area contributed by atoms with Gasteiger partial charge in [-0.2, -0.15) is 0 Å². The highest BCUT2D eigenvalue weighted by Crippen LogP contribution is 1.99. The molecule has 0 saturated heterocycles. The maximum atomic E-state index is 10.7. The summed E-state index contributed by atoms with van der Waals surface area (Å²) in [5.74, 6) is 0. The fraction of sp³-hybridized carbons (Fsp3) is 0.300. The molecule has 0 bridgehead atoms. The van der Waals surface area contributed by atoms with Crippen molar-refractivity contribution in [1.82, 2.24) is 4.90 Å². The summed E-state index contributed by atoms with van der Waals surface area (Å²) in [6.07, 6.45) is 0.847. The van der Waals surface area contributed by atoms with E-state index in [4.69, 9.17) is 5.73 Å². The van der Waals surface area contributed by atoms with Gasteiger partial charge in [-0.05, 0) is 12.0 Å². The van der Waals surface area contributed by atoms with Crippen molar-refractivity contribution >= 4 is 6.03 Å². The minimum Gasteiger partial charge on any atom is -0.351 e. The Morgan fingerprint density at radius 1 is 1.38 bits per heavy atom. The lowest BCUT2D eigenvalue weighted by Gasteiger charge is -2.13. The topological polar surface area (TPSA) is 46.3 Å². The van der Waals surface area contributed by atoms with Crippen molar-refractivity contribution < 1.29 is 4.79 Å². The number of primary amides is 1. The van der Waals surface area contributed by atoms with Gasteiger partial charge in [0, 0.05) is 13.6 Å². The number of nitrogens with zero attached hydrogens (tertiary/aromatic N) is 1. The second-order valence-corrected chi connectivity index (χ2v) is 3.00. The molecule has 0 aliphatic rings. The average molecular weight is 178 g/mol. The van der Waals surface area contributed by atoms with Gasteiger partial charge in [0.2, 0.25) is 0 Å². The molecule has 0 aromatic heterocycles. The molecule has 0 spiro atoms. The van der Waals surface area contributed by atoms with Crippen LogP contribution < -0.4 is 5.73 Å². The van der Waals surface area contributed by atoms with E-state index in [1.54, 1.807) is 7.05 Å². The molecule has 0 atom stereocenters. The number of hydrogen-bond acceptors (Lipinski definition) is 1. The van der Waals surface area contributed by atoms with Gasteiger partial charge in [0.15, 0.2) is 0 Å². The Morgan fingerprint density at radius 3 is 2.54 bits per heavy atom. The molecular weight excluding hydrogens is 164 g/mol. The molecule has 13 heavy (non-hydrogen) atoms. The van der Waals surface area contributed by atoms with E-state index < -0.39 is 0 Å². The van der Waals surface area contributed by atoms with Crippen LogP contribution in [0.2, 0.25) is 0 Å². The van der Waals surface area contributed by atoms with E-state index in [1.165, 1.54) is 10.5 Å². The van der Waals surface area contributed by atoms with Crippen molar-refractivity contribution in [1.29, 1.82) is 0 Å². The number of urea groups is 1. The standard InChI is InChI=1S/C10H14N2O/c1-12(10(11)13)8-7-9-5-3-2-4-6-9/h2-6H,7-8H2,1H3,(H2,11,13). The number of amides is 2. The number of carbonyl (C=O) groups is 1. The van der Waals surface area contributed by atoms with E-state index in [1.807, 2.05) is 30.3 Å². The van der Waals surface area contributed by atoms with Crippen LogP contribution in [-0.4, -0.2) is 24.5 Å². The highest BCUT2D eigenvalue weighted by molar-refractivity contribution is 5.71. The van der Waals surface area contributed by atoms with Gasteiger partial charge in [-0.1, -0.05) is 30.3 Å². The van der Waals surface area contributed by atoms with Crippen molar-refractivity contribution in [3.05, 3.63) is 35.9 Å². The fourth-order valence-electron chi connectivity index (χ4n) is 1.05. The Hall–Kier alpha value is -1.51. The fourth-order valence-corrected chi connectivity index (χ4v) is 1.05. The van der Waals surface area contributed by atoms with Crippen LogP contribution in [0.3, 0.4) is 0 Å². The maximum absolute atomic E-state index is 10.7. The molecule has 70 valence electrons. The molecule has 3 heteroatoms. The molecule has 0 aliphatic carbocycles. The quantitative estimate of drug-likeness (QED) is 0.743. The highest BCUT2D eigenvalue weighted by Gasteiger charge is 2.01. The number of benzene rings is 1. The summed E-state index contributed by atoms with van der Waals surface area (Å²) in [6.45, 7) is 0.666. The zero-order chi connectivity index (χ0) is 9.68. The molecule has 1 rings (SSSR count). The van der Waals surface area contributed by atoms with E-state index in [0.717, 1.165) is 6.42 Å². The molecule has 1 aromatic rings. The van der Waals surface area contributed by atoms with Gasteiger partial charge in [-0.15, -0.1) is 0 Å². The van der Waals surface area contributed by atoms with Crippen molar-refractivity contribution in [3.8, 4) is 0 Å². The summed E-state index contributed by atoms with van der Waals surface area (Å²) in [6, 6.07) is 9.64.